The number of rotatable bonds is 4. The van der Waals surface area contributed by atoms with Gasteiger partial charge in [0.25, 0.3) is 0 Å². The number of nitrogens with zero attached hydrogens (tertiary/aromatic N) is 2. The van der Waals surface area contributed by atoms with E-state index in [1.807, 2.05) is 0 Å². The van der Waals surface area contributed by atoms with Crippen LogP contribution in [0.15, 0.2) is 12.4 Å². The smallest absolute Gasteiger partial charge is 0.325 e. The van der Waals surface area contributed by atoms with E-state index in [1.54, 1.807) is 0 Å². The van der Waals surface area contributed by atoms with Crippen LogP contribution in [0.1, 0.15) is 6.42 Å². The quantitative estimate of drug-likeness (QED) is 0.635. The van der Waals surface area contributed by atoms with E-state index in [9.17, 15) is 9.59 Å². The Morgan fingerprint density at radius 1 is 1.67 bits per heavy atom. The molecule has 1 aliphatic heterocycles. The number of carbonyl (C=O) groups is 2. The van der Waals surface area contributed by atoms with Gasteiger partial charge in [-0.3, -0.25) is 14.3 Å². The maximum Gasteiger partial charge on any atom is 0.325 e. The molecular formula is C10H14N4O4. The van der Waals surface area contributed by atoms with E-state index >= 15 is 0 Å². The van der Waals surface area contributed by atoms with E-state index < -0.39 is 11.5 Å². The fourth-order valence-electron chi connectivity index (χ4n) is 1.67. The van der Waals surface area contributed by atoms with Crippen LogP contribution in [0.3, 0.4) is 0 Å². The molecule has 1 unspecified atom stereocenters. The highest BCUT2D eigenvalue weighted by Gasteiger charge is 2.38. The molecule has 8 nitrogen and oxygen atoms in total. The van der Waals surface area contributed by atoms with Gasteiger partial charge in [0, 0.05) is 12.8 Å². The van der Waals surface area contributed by atoms with Crippen LogP contribution in [0.4, 0.5) is 5.69 Å². The van der Waals surface area contributed by atoms with Crippen LogP contribution in [-0.4, -0.2) is 45.5 Å². The SMILES string of the molecule is NC1(C(=O)Nc2cnn(CC(=O)O)c2)CCOC1. The highest BCUT2D eigenvalue weighted by Crippen LogP contribution is 2.18. The molecule has 0 saturated carbocycles. The van der Waals surface area contributed by atoms with Crippen molar-refractivity contribution in [2.75, 3.05) is 18.5 Å². The summed E-state index contributed by atoms with van der Waals surface area (Å²) in [5.41, 5.74) is 5.28. The predicted molar refractivity (Wildman–Crippen MR) is 60.8 cm³/mol. The summed E-state index contributed by atoms with van der Waals surface area (Å²) in [4.78, 5) is 22.4. The van der Waals surface area contributed by atoms with Crippen molar-refractivity contribution in [3.05, 3.63) is 12.4 Å². The van der Waals surface area contributed by atoms with Gasteiger partial charge in [-0.25, -0.2) is 0 Å². The summed E-state index contributed by atoms with van der Waals surface area (Å²) >= 11 is 0. The Hall–Kier alpha value is -1.93. The second kappa shape index (κ2) is 4.75. The average Bonchev–Trinajstić information content (AvgIpc) is 2.88. The minimum atomic E-state index is -1.02. The van der Waals surface area contributed by atoms with E-state index in [2.05, 4.69) is 10.4 Å². The first-order valence-corrected chi connectivity index (χ1v) is 5.42. The summed E-state index contributed by atoms with van der Waals surface area (Å²) < 4.78 is 6.31. The summed E-state index contributed by atoms with van der Waals surface area (Å²) in [6.07, 6.45) is 3.27. The number of aromatic nitrogens is 2. The number of ether oxygens (including phenoxy) is 1. The molecule has 1 aromatic heterocycles. The number of anilines is 1. The van der Waals surface area contributed by atoms with E-state index in [1.165, 1.54) is 17.1 Å². The third kappa shape index (κ3) is 2.66. The zero-order chi connectivity index (χ0) is 13.2. The number of hydrogen-bond donors (Lipinski definition) is 3. The van der Waals surface area contributed by atoms with Gasteiger partial charge in [0.15, 0.2) is 0 Å². The van der Waals surface area contributed by atoms with Crippen molar-refractivity contribution in [2.24, 2.45) is 5.73 Å². The molecule has 0 aliphatic carbocycles. The van der Waals surface area contributed by atoms with Crippen LogP contribution >= 0.6 is 0 Å². The Morgan fingerprint density at radius 2 is 2.44 bits per heavy atom. The summed E-state index contributed by atoms with van der Waals surface area (Å²) in [7, 11) is 0. The summed E-state index contributed by atoms with van der Waals surface area (Å²) in [5.74, 6) is -1.36. The normalized spacial score (nSPS) is 22.9. The molecule has 0 radical (unpaired) electrons. The third-order valence-corrected chi connectivity index (χ3v) is 2.69. The Balaban J connectivity index is 1.99. The maximum atomic E-state index is 11.9. The van der Waals surface area contributed by atoms with Crippen molar-refractivity contribution < 1.29 is 19.4 Å². The Bertz CT molecular complexity index is 464. The van der Waals surface area contributed by atoms with Gasteiger partial charge in [-0.2, -0.15) is 5.10 Å². The van der Waals surface area contributed by atoms with Gasteiger partial charge in [-0.1, -0.05) is 0 Å². The van der Waals surface area contributed by atoms with Gasteiger partial charge < -0.3 is 20.9 Å². The minimum absolute atomic E-state index is 0.183. The van der Waals surface area contributed by atoms with Crippen LogP contribution in [0.2, 0.25) is 0 Å². The first kappa shape index (κ1) is 12.5. The largest absolute Gasteiger partial charge is 0.480 e. The molecule has 2 heterocycles. The van der Waals surface area contributed by atoms with E-state index in [0.29, 0.717) is 18.7 Å². The van der Waals surface area contributed by atoms with Gasteiger partial charge in [-0.05, 0) is 6.42 Å². The van der Waals surface area contributed by atoms with Crippen LogP contribution in [0, 0.1) is 0 Å². The molecular weight excluding hydrogens is 240 g/mol. The highest BCUT2D eigenvalue weighted by molar-refractivity contribution is 5.98. The molecule has 8 heteroatoms. The maximum absolute atomic E-state index is 11.9. The highest BCUT2D eigenvalue weighted by atomic mass is 16.5. The molecule has 1 fully saturated rings. The molecule has 1 atom stereocenters. The summed E-state index contributed by atoms with van der Waals surface area (Å²) in [6, 6.07) is 0. The lowest BCUT2D eigenvalue weighted by molar-refractivity contribution is -0.137. The standard InChI is InChI=1S/C10H14N4O4/c11-10(1-2-18-6-10)9(17)13-7-3-12-14(4-7)5-8(15)16/h3-4H,1-2,5-6,11H2,(H,13,17)(H,15,16). The van der Waals surface area contributed by atoms with Crippen LogP contribution in [0.5, 0.6) is 0 Å². The lowest BCUT2D eigenvalue weighted by Crippen LogP contribution is -2.51. The zero-order valence-electron chi connectivity index (χ0n) is 9.63. The minimum Gasteiger partial charge on any atom is -0.480 e. The number of amides is 1. The van der Waals surface area contributed by atoms with Crippen molar-refractivity contribution in [1.29, 1.82) is 0 Å². The van der Waals surface area contributed by atoms with Crippen molar-refractivity contribution in [3.8, 4) is 0 Å². The Kier molecular flexibility index (Phi) is 3.30. The molecule has 1 saturated heterocycles. The van der Waals surface area contributed by atoms with Gasteiger partial charge in [0.2, 0.25) is 5.91 Å². The molecule has 0 aromatic carbocycles. The molecule has 1 aliphatic rings. The number of carboxylic acids is 1. The second-order valence-electron chi connectivity index (χ2n) is 4.23. The lowest BCUT2D eigenvalue weighted by atomic mass is 9.99. The molecule has 1 aromatic rings. The van der Waals surface area contributed by atoms with Gasteiger partial charge in [-0.15, -0.1) is 0 Å². The van der Waals surface area contributed by atoms with Crippen molar-refractivity contribution in [3.63, 3.8) is 0 Å². The number of carbonyl (C=O) groups excluding carboxylic acids is 1. The number of hydrogen-bond acceptors (Lipinski definition) is 5. The monoisotopic (exact) mass is 254 g/mol. The number of nitrogens with one attached hydrogen (secondary N) is 1. The molecule has 0 spiro atoms. The topological polar surface area (TPSA) is 119 Å². The molecule has 1 amide bonds. The predicted octanol–water partition coefficient (Wildman–Crippen LogP) is -0.976. The summed E-state index contributed by atoms with van der Waals surface area (Å²) in [6.45, 7) is 0.386. The summed E-state index contributed by atoms with van der Waals surface area (Å²) in [5, 5.41) is 15.0. The van der Waals surface area contributed by atoms with Crippen molar-refractivity contribution in [2.45, 2.75) is 18.5 Å². The Morgan fingerprint density at radius 3 is 3.06 bits per heavy atom. The zero-order valence-corrected chi connectivity index (χ0v) is 9.63. The fourth-order valence-corrected chi connectivity index (χ4v) is 1.67. The lowest BCUT2D eigenvalue weighted by Gasteiger charge is -2.19. The van der Waals surface area contributed by atoms with Crippen LogP contribution < -0.4 is 11.1 Å². The molecule has 18 heavy (non-hydrogen) atoms. The molecule has 0 bridgehead atoms. The first-order chi connectivity index (χ1) is 8.49. The molecule has 2 rings (SSSR count). The van der Waals surface area contributed by atoms with Crippen molar-refractivity contribution in [1.82, 2.24) is 9.78 Å². The first-order valence-electron chi connectivity index (χ1n) is 5.42. The molecule has 4 N–H and O–H groups in total. The average molecular weight is 254 g/mol. The van der Waals surface area contributed by atoms with E-state index in [4.69, 9.17) is 15.6 Å². The van der Waals surface area contributed by atoms with Gasteiger partial charge in [0.1, 0.15) is 12.1 Å². The number of carboxylic acid groups (broad SMARTS) is 1. The van der Waals surface area contributed by atoms with E-state index in [-0.39, 0.29) is 19.1 Å². The third-order valence-electron chi connectivity index (χ3n) is 2.69. The van der Waals surface area contributed by atoms with Crippen molar-refractivity contribution >= 4 is 17.6 Å². The second-order valence-corrected chi connectivity index (χ2v) is 4.23. The van der Waals surface area contributed by atoms with Gasteiger partial charge >= 0.3 is 5.97 Å². The Labute approximate surface area is 103 Å². The van der Waals surface area contributed by atoms with Gasteiger partial charge in [0.05, 0.1) is 18.5 Å². The molecule has 98 valence electrons. The number of nitrogens with two attached hydrogens (primary N) is 1. The fraction of sp³-hybridized carbons (Fsp3) is 0.500. The van der Waals surface area contributed by atoms with Crippen LogP contribution in [-0.2, 0) is 20.9 Å². The number of aliphatic carboxylic acids is 1. The van der Waals surface area contributed by atoms with E-state index in [0.717, 1.165) is 0 Å². The van der Waals surface area contributed by atoms with Crippen LogP contribution in [0.25, 0.3) is 0 Å².